The molecule has 1 unspecified atom stereocenters. The van der Waals surface area contributed by atoms with Gasteiger partial charge in [0.25, 0.3) is 11.6 Å². The SMILES string of the molecule is COc1ccc(C2(O)CN(c3cccc(C)c3)C3=[N+]2CCCCC3)cc1. The highest BCUT2D eigenvalue weighted by Crippen LogP contribution is 2.36. The molecule has 0 bridgehead atoms. The predicted octanol–water partition coefficient (Wildman–Crippen LogP) is 3.65. The van der Waals surface area contributed by atoms with Gasteiger partial charge in [-0.3, -0.25) is 0 Å². The highest BCUT2D eigenvalue weighted by atomic mass is 16.5. The van der Waals surface area contributed by atoms with Gasteiger partial charge in [0.05, 0.1) is 13.7 Å². The third-order valence-corrected chi connectivity index (χ3v) is 5.60. The lowest BCUT2D eigenvalue weighted by Gasteiger charge is -2.23. The molecule has 0 radical (unpaired) electrons. The van der Waals surface area contributed by atoms with Gasteiger partial charge in [-0.05, 0) is 68.1 Å². The number of methoxy groups -OCH3 is 1. The van der Waals surface area contributed by atoms with Crippen molar-refractivity contribution < 1.29 is 14.4 Å². The van der Waals surface area contributed by atoms with Crippen LogP contribution in [-0.4, -0.2) is 35.7 Å². The van der Waals surface area contributed by atoms with Crippen LogP contribution in [0, 0.1) is 6.92 Å². The largest absolute Gasteiger partial charge is 0.497 e. The van der Waals surface area contributed by atoms with E-state index in [2.05, 4.69) is 40.7 Å². The van der Waals surface area contributed by atoms with E-state index in [0.717, 1.165) is 36.4 Å². The molecule has 0 spiro atoms. The first-order chi connectivity index (χ1) is 12.6. The number of aliphatic hydroxyl groups is 1. The van der Waals surface area contributed by atoms with Crippen LogP contribution in [0.15, 0.2) is 48.5 Å². The molecule has 0 saturated carbocycles. The van der Waals surface area contributed by atoms with Gasteiger partial charge in [-0.1, -0.05) is 12.1 Å². The summed E-state index contributed by atoms with van der Waals surface area (Å²) in [5.74, 6) is 2.05. The number of benzene rings is 2. The number of hydrogen-bond donors (Lipinski definition) is 1. The molecule has 4 heteroatoms. The van der Waals surface area contributed by atoms with Gasteiger partial charge in [0.2, 0.25) is 0 Å². The second-order valence-corrected chi connectivity index (χ2v) is 7.35. The van der Waals surface area contributed by atoms with E-state index in [-0.39, 0.29) is 0 Å². The van der Waals surface area contributed by atoms with Gasteiger partial charge in [0, 0.05) is 12.0 Å². The van der Waals surface area contributed by atoms with Crippen molar-refractivity contribution >= 4 is 11.5 Å². The first-order valence-electron chi connectivity index (χ1n) is 9.46. The van der Waals surface area contributed by atoms with E-state index in [1.807, 2.05) is 24.3 Å². The Kier molecular flexibility index (Phi) is 4.45. The van der Waals surface area contributed by atoms with E-state index in [1.165, 1.54) is 24.2 Å². The topological polar surface area (TPSA) is 35.7 Å². The van der Waals surface area contributed by atoms with Gasteiger partial charge < -0.3 is 9.84 Å². The lowest BCUT2D eigenvalue weighted by atomic mass is 10.0. The van der Waals surface area contributed by atoms with Crippen molar-refractivity contribution in [1.29, 1.82) is 0 Å². The van der Waals surface area contributed by atoms with Crippen LogP contribution in [0.4, 0.5) is 5.69 Å². The molecular formula is C22H27N2O2+. The molecule has 0 saturated heterocycles. The summed E-state index contributed by atoms with van der Waals surface area (Å²) in [7, 11) is 1.67. The van der Waals surface area contributed by atoms with Crippen LogP contribution in [0.5, 0.6) is 5.75 Å². The fourth-order valence-corrected chi connectivity index (χ4v) is 4.21. The molecule has 0 aromatic heterocycles. The van der Waals surface area contributed by atoms with Crippen molar-refractivity contribution in [3.8, 4) is 5.75 Å². The van der Waals surface area contributed by atoms with Crippen LogP contribution in [0.3, 0.4) is 0 Å². The molecule has 2 heterocycles. The summed E-state index contributed by atoms with van der Waals surface area (Å²) in [6.45, 7) is 3.56. The van der Waals surface area contributed by atoms with E-state index < -0.39 is 5.72 Å². The molecule has 1 N–H and O–H groups in total. The summed E-state index contributed by atoms with van der Waals surface area (Å²) in [6, 6.07) is 16.4. The fraction of sp³-hybridized carbons (Fsp3) is 0.409. The van der Waals surface area contributed by atoms with Gasteiger partial charge in [0.15, 0.2) is 6.54 Å². The summed E-state index contributed by atoms with van der Waals surface area (Å²) in [5, 5.41) is 11.8. The second-order valence-electron chi connectivity index (χ2n) is 7.35. The number of amidine groups is 1. The normalized spacial score (nSPS) is 23.0. The van der Waals surface area contributed by atoms with E-state index >= 15 is 0 Å². The number of rotatable bonds is 3. The van der Waals surface area contributed by atoms with Crippen LogP contribution in [-0.2, 0) is 5.72 Å². The van der Waals surface area contributed by atoms with Gasteiger partial charge in [0.1, 0.15) is 11.4 Å². The number of anilines is 1. The minimum absolute atomic E-state index is 0.554. The van der Waals surface area contributed by atoms with Crippen molar-refractivity contribution in [2.24, 2.45) is 0 Å². The summed E-state index contributed by atoms with van der Waals surface area (Å²) < 4.78 is 7.51. The average Bonchev–Trinajstić information content (AvgIpc) is 2.81. The van der Waals surface area contributed by atoms with E-state index in [9.17, 15) is 5.11 Å². The molecule has 136 valence electrons. The van der Waals surface area contributed by atoms with Gasteiger partial charge in [-0.15, -0.1) is 0 Å². The third-order valence-electron chi connectivity index (χ3n) is 5.60. The number of hydrogen-bond acceptors (Lipinski definition) is 3. The molecule has 1 atom stereocenters. The van der Waals surface area contributed by atoms with E-state index in [0.29, 0.717) is 6.54 Å². The number of aryl methyl sites for hydroxylation is 1. The Morgan fingerprint density at radius 2 is 1.88 bits per heavy atom. The Labute approximate surface area is 155 Å². The molecule has 0 amide bonds. The van der Waals surface area contributed by atoms with Crippen molar-refractivity contribution in [2.45, 2.75) is 38.3 Å². The number of ether oxygens (including phenoxy) is 1. The molecule has 26 heavy (non-hydrogen) atoms. The molecule has 0 fully saturated rings. The Balaban J connectivity index is 1.79. The minimum Gasteiger partial charge on any atom is -0.497 e. The van der Waals surface area contributed by atoms with Crippen molar-refractivity contribution in [3.05, 3.63) is 59.7 Å². The molecule has 4 rings (SSSR count). The summed E-state index contributed by atoms with van der Waals surface area (Å²) in [6.07, 6.45) is 4.50. The monoisotopic (exact) mass is 351 g/mol. The Morgan fingerprint density at radius 1 is 1.08 bits per heavy atom. The molecule has 2 aliphatic rings. The maximum absolute atomic E-state index is 11.8. The highest BCUT2D eigenvalue weighted by Gasteiger charge is 2.51. The average molecular weight is 351 g/mol. The Morgan fingerprint density at radius 3 is 2.62 bits per heavy atom. The molecule has 2 aromatic rings. The first-order valence-corrected chi connectivity index (χ1v) is 9.46. The summed E-state index contributed by atoms with van der Waals surface area (Å²) in [5.41, 5.74) is 2.32. The second kappa shape index (κ2) is 6.76. The predicted molar refractivity (Wildman–Crippen MR) is 104 cm³/mol. The van der Waals surface area contributed by atoms with Crippen LogP contribution >= 0.6 is 0 Å². The number of β-amino-alcohol motifs (C(OH)–C–C–N with tert-alkyl or cyclic N) is 1. The lowest BCUT2D eigenvalue weighted by Crippen LogP contribution is -2.41. The van der Waals surface area contributed by atoms with Crippen LogP contribution < -0.4 is 9.64 Å². The fourth-order valence-electron chi connectivity index (χ4n) is 4.21. The summed E-state index contributed by atoms with van der Waals surface area (Å²) in [4.78, 5) is 2.31. The lowest BCUT2D eigenvalue weighted by molar-refractivity contribution is -0.658. The van der Waals surface area contributed by atoms with Gasteiger partial charge >= 0.3 is 0 Å². The van der Waals surface area contributed by atoms with Crippen molar-refractivity contribution in [2.75, 3.05) is 25.1 Å². The minimum atomic E-state index is -1.00. The molecule has 0 aliphatic carbocycles. The third kappa shape index (κ3) is 2.88. The molecule has 2 aliphatic heterocycles. The van der Waals surface area contributed by atoms with Crippen LogP contribution in [0.1, 0.15) is 36.8 Å². The van der Waals surface area contributed by atoms with Gasteiger partial charge in [-0.2, -0.15) is 0 Å². The van der Waals surface area contributed by atoms with Crippen LogP contribution in [0.2, 0.25) is 0 Å². The zero-order valence-corrected chi connectivity index (χ0v) is 15.6. The summed E-state index contributed by atoms with van der Waals surface area (Å²) >= 11 is 0. The van der Waals surface area contributed by atoms with Gasteiger partial charge in [-0.25, -0.2) is 9.48 Å². The molecule has 4 nitrogen and oxygen atoms in total. The van der Waals surface area contributed by atoms with Crippen molar-refractivity contribution in [1.82, 2.24) is 0 Å². The van der Waals surface area contributed by atoms with Crippen molar-refractivity contribution in [3.63, 3.8) is 0 Å². The quantitative estimate of drug-likeness (QED) is 0.858. The molecular weight excluding hydrogens is 324 g/mol. The standard InChI is InChI=1S/C22H27N2O2/c1-17-7-6-8-19(15-17)23-16-22(25,18-10-12-20(26-2)13-11-18)24-14-5-3-4-9-21(23)24/h6-8,10-13,15,25H,3-5,9,14,16H2,1-2H3/q+1. The maximum Gasteiger partial charge on any atom is 0.271 e. The molecule has 2 aromatic carbocycles. The first kappa shape index (κ1) is 17.1. The Bertz CT molecular complexity index is 828. The highest BCUT2D eigenvalue weighted by molar-refractivity contribution is 5.96. The van der Waals surface area contributed by atoms with E-state index in [4.69, 9.17) is 4.74 Å². The maximum atomic E-state index is 11.8. The zero-order valence-electron chi connectivity index (χ0n) is 15.6. The smallest absolute Gasteiger partial charge is 0.271 e. The van der Waals surface area contributed by atoms with Crippen LogP contribution in [0.25, 0.3) is 0 Å². The Hall–Kier alpha value is -2.33. The number of nitrogens with zero attached hydrogens (tertiary/aromatic N) is 2. The van der Waals surface area contributed by atoms with E-state index in [1.54, 1.807) is 7.11 Å². The zero-order chi connectivity index (χ0) is 18.1.